The van der Waals surface area contributed by atoms with Gasteiger partial charge in [-0.05, 0) is 93.4 Å². The SMILES string of the molecule is Cc1ncc([SH](=O)=O)cc1CC1(C)CCCC(C)(C)N1CCCOc1ncc(Br)cc1N. The lowest BCUT2D eigenvalue weighted by molar-refractivity contribution is -0.0395. The van der Waals surface area contributed by atoms with Crippen LogP contribution in [0.5, 0.6) is 5.88 Å². The van der Waals surface area contributed by atoms with Gasteiger partial charge in [0.05, 0.1) is 17.2 Å². The Bertz CT molecular complexity index is 1040. The normalized spacial score (nSPS) is 21.1. The van der Waals surface area contributed by atoms with Crippen LogP contribution in [0.3, 0.4) is 0 Å². The van der Waals surface area contributed by atoms with Crippen LogP contribution in [-0.2, 0) is 17.1 Å². The van der Waals surface area contributed by atoms with E-state index in [0.717, 1.165) is 54.4 Å². The van der Waals surface area contributed by atoms with Crippen LogP contribution in [0.4, 0.5) is 5.69 Å². The van der Waals surface area contributed by atoms with Gasteiger partial charge in [-0.1, -0.05) is 0 Å². The summed E-state index contributed by atoms with van der Waals surface area (Å²) in [5.41, 5.74) is 8.32. The number of nitrogens with two attached hydrogens (primary N) is 1. The number of hydrogen-bond acceptors (Lipinski definition) is 7. The van der Waals surface area contributed by atoms with Gasteiger partial charge in [-0.15, -0.1) is 0 Å². The summed E-state index contributed by atoms with van der Waals surface area (Å²) in [5, 5.41) is 0. The average Bonchev–Trinajstić information content (AvgIpc) is 2.69. The van der Waals surface area contributed by atoms with Crippen molar-refractivity contribution in [3.63, 3.8) is 0 Å². The van der Waals surface area contributed by atoms with Crippen LogP contribution in [-0.4, -0.2) is 47.5 Å². The second kappa shape index (κ2) is 10.1. The maximum absolute atomic E-state index is 11.5. The number of nitrogens with zero attached hydrogens (tertiary/aromatic N) is 3. The molecule has 1 aliphatic heterocycles. The number of pyridine rings is 2. The van der Waals surface area contributed by atoms with Crippen LogP contribution in [0.15, 0.2) is 33.9 Å². The summed E-state index contributed by atoms with van der Waals surface area (Å²) in [5.74, 6) is 0.458. The third-order valence-corrected chi connectivity index (χ3v) is 7.56. The fourth-order valence-corrected chi connectivity index (χ4v) is 5.63. The molecule has 1 aliphatic rings. The van der Waals surface area contributed by atoms with E-state index in [1.807, 2.05) is 6.92 Å². The molecule has 0 bridgehead atoms. The van der Waals surface area contributed by atoms with E-state index in [1.54, 1.807) is 18.3 Å². The third kappa shape index (κ3) is 5.80. The summed E-state index contributed by atoms with van der Waals surface area (Å²) in [6.07, 6.45) is 8.01. The molecule has 0 aromatic carbocycles. The molecular weight excluding hydrogens is 492 g/mol. The Hall–Kier alpha value is -1.71. The van der Waals surface area contributed by atoms with Gasteiger partial charge in [0.15, 0.2) is 10.7 Å². The lowest BCUT2D eigenvalue weighted by Crippen LogP contribution is -2.61. The Kier molecular flexibility index (Phi) is 7.83. The second-order valence-electron chi connectivity index (χ2n) is 9.44. The molecule has 1 fully saturated rings. The Morgan fingerprint density at radius 2 is 1.94 bits per heavy atom. The van der Waals surface area contributed by atoms with Crippen LogP contribution in [0.25, 0.3) is 0 Å². The summed E-state index contributed by atoms with van der Waals surface area (Å²) >= 11 is 3.36. The second-order valence-corrected chi connectivity index (χ2v) is 11.4. The molecule has 32 heavy (non-hydrogen) atoms. The Labute approximate surface area is 200 Å². The maximum atomic E-state index is 11.5. The van der Waals surface area contributed by atoms with Gasteiger partial charge in [0.25, 0.3) is 0 Å². The van der Waals surface area contributed by atoms with E-state index in [9.17, 15) is 8.42 Å². The van der Waals surface area contributed by atoms with Crippen LogP contribution >= 0.6 is 15.9 Å². The summed E-state index contributed by atoms with van der Waals surface area (Å²) < 4.78 is 29.6. The largest absolute Gasteiger partial charge is 0.476 e. The van der Waals surface area contributed by atoms with Crippen molar-refractivity contribution < 1.29 is 13.2 Å². The lowest BCUT2D eigenvalue weighted by atomic mass is 9.75. The molecule has 0 saturated carbocycles. The van der Waals surface area contributed by atoms with Crippen LogP contribution in [0.1, 0.15) is 57.7 Å². The molecule has 0 radical (unpaired) electrons. The van der Waals surface area contributed by atoms with Crippen molar-refractivity contribution in [2.75, 3.05) is 18.9 Å². The average molecular weight is 526 g/mol. The van der Waals surface area contributed by atoms with Gasteiger partial charge in [-0.2, -0.15) is 0 Å². The van der Waals surface area contributed by atoms with E-state index in [1.165, 1.54) is 6.20 Å². The Morgan fingerprint density at radius 1 is 1.19 bits per heavy atom. The topological polar surface area (TPSA) is 98.4 Å². The van der Waals surface area contributed by atoms with E-state index in [0.29, 0.717) is 18.2 Å². The molecule has 0 aliphatic carbocycles. The Morgan fingerprint density at radius 3 is 2.62 bits per heavy atom. The summed E-state index contributed by atoms with van der Waals surface area (Å²) in [7, 11) is -2.64. The first-order chi connectivity index (χ1) is 15.0. The predicted molar refractivity (Wildman–Crippen MR) is 131 cm³/mol. The zero-order chi connectivity index (χ0) is 23.5. The molecule has 0 amide bonds. The molecular formula is C23H33BrN4O3S. The maximum Gasteiger partial charge on any atom is 0.237 e. The minimum absolute atomic E-state index is 0.0323. The van der Waals surface area contributed by atoms with Crippen molar-refractivity contribution >= 4 is 32.3 Å². The molecule has 3 rings (SSSR count). The van der Waals surface area contributed by atoms with E-state index < -0.39 is 10.7 Å². The summed E-state index contributed by atoms with van der Waals surface area (Å²) in [4.78, 5) is 11.4. The predicted octanol–water partition coefficient (Wildman–Crippen LogP) is 4.13. The van der Waals surface area contributed by atoms with Crippen LogP contribution in [0, 0.1) is 6.92 Å². The first-order valence-electron chi connectivity index (χ1n) is 10.9. The number of halogens is 1. The molecule has 2 aromatic heterocycles. The minimum atomic E-state index is -2.64. The van der Waals surface area contributed by atoms with Gasteiger partial charge in [0.2, 0.25) is 5.88 Å². The van der Waals surface area contributed by atoms with Gasteiger partial charge < -0.3 is 10.5 Å². The smallest absolute Gasteiger partial charge is 0.237 e. The van der Waals surface area contributed by atoms with Crippen molar-refractivity contribution in [1.82, 2.24) is 14.9 Å². The molecule has 176 valence electrons. The number of hydrogen-bond donors (Lipinski definition) is 2. The van der Waals surface area contributed by atoms with Gasteiger partial charge in [0.1, 0.15) is 0 Å². The van der Waals surface area contributed by atoms with Crippen molar-refractivity contribution in [1.29, 1.82) is 0 Å². The van der Waals surface area contributed by atoms with Gasteiger partial charge in [-0.3, -0.25) is 9.88 Å². The molecule has 2 aromatic rings. The van der Waals surface area contributed by atoms with Crippen molar-refractivity contribution in [3.05, 3.63) is 40.3 Å². The number of anilines is 1. The highest BCUT2D eigenvalue weighted by molar-refractivity contribution is 9.10. The van der Waals surface area contributed by atoms with Crippen LogP contribution < -0.4 is 10.5 Å². The number of piperidine rings is 1. The molecule has 1 atom stereocenters. The summed E-state index contributed by atoms with van der Waals surface area (Å²) in [6.45, 7) is 10.2. The van der Waals surface area contributed by atoms with Crippen molar-refractivity contribution in [2.45, 2.75) is 75.8 Å². The number of rotatable bonds is 8. The molecule has 2 N–H and O–H groups in total. The molecule has 3 heterocycles. The zero-order valence-corrected chi connectivity index (χ0v) is 21.7. The molecule has 7 nitrogen and oxygen atoms in total. The highest BCUT2D eigenvalue weighted by atomic mass is 79.9. The minimum Gasteiger partial charge on any atom is -0.476 e. The number of thiol groups is 1. The first-order valence-corrected chi connectivity index (χ1v) is 12.9. The molecule has 0 spiro atoms. The van der Waals surface area contributed by atoms with Gasteiger partial charge in [0, 0.05) is 40.2 Å². The number of aryl methyl sites for hydroxylation is 1. The van der Waals surface area contributed by atoms with E-state index in [4.69, 9.17) is 10.5 Å². The lowest BCUT2D eigenvalue weighted by Gasteiger charge is -2.55. The van der Waals surface area contributed by atoms with Crippen LogP contribution in [0.2, 0.25) is 0 Å². The van der Waals surface area contributed by atoms with E-state index in [-0.39, 0.29) is 16.0 Å². The van der Waals surface area contributed by atoms with E-state index >= 15 is 0 Å². The number of likely N-dealkylation sites (tertiary alicyclic amines) is 1. The first kappa shape index (κ1) is 24.9. The monoisotopic (exact) mass is 524 g/mol. The number of nitrogen functional groups attached to an aromatic ring is 1. The van der Waals surface area contributed by atoms with Crippen molar-refractivity contribution in [2.24, 2.45) is 0 Å². The van der Waals surface area contributed by atoms with Gasteiger partial charge >= 0.3 is 0 Å². The number of aromatic nitrogens is 2. The summed E-state index contributed by atoms with van der Waals surface area (Å²) in [6, 6.07) is 3.57. The molecule has 1 saturated heterocycles. The fourth-order valence-electron chi connectivity index (χ4n) is 4.87. The van der Waals surface area contributed by atoms with E-state index in [2.05, 4.69) is 51.6 Å². The van der Waals surface area contributed by atoms with Gasteiger partial charge in [-0.25, -0.2) is 13.4 Å². The third-order valence-electron chi connectivity index (χ3n) is 6.46. The Balaban J connectivity index is 1.73. The fraction of sp³-hybridized carbons (Fsp3) is 0.565. The molecule has 9 heteroatoms. The highest BCUT2D eigenvalue weighted by Gasteiger charge is 2.43. The molecule has 1 unspecified atom stereocenters. The van der Waals surface area contributed by atoms with Crippen molar-refractivity contribution in [3.8, 4) is 5.88 Å². The standard InChI is InChI=1S/C23H33BrN4O3S/c1-16-17(11-19(15-26-16)32(29)30)13-23(4)8-5-7-22(2,3)28(23)9-6-10-31-21-20(25)12-18(24)14-27-21/h11-12,14-15,32H,5-10,13,25H2,1-4H3. The quantitative estimate of drug-likeness (QED) is 0.395. The highest BCUT2D eigenvalue weighted by Crippen LogP contribution is 2.40. The number of ether oxygens (including phenoxy) is 1. The zero-order valence-electron chi connectivity index (χ0n) is 19.2.